The average Bonchev–Trinajstić information content (AvgIpc) is 2.81. The molecule has 3 atom stereocenters. The van der Waals surface area contributed by atoms with Crippen LogP contribution in [0.5, 0.6) is 0 Å². The molecule has 2 aliphatic rings. The van der Waals surface area contributed by atoms with Crippen LogP contribution in [0.3, 0.4) is 0 Å². The highest BCUT2D eigenvalue weighted by Crippen LogP contribution is 2.29. The van der Waals surface area contributed by atoms with E-state index in [4.69, 9.17) is 4.74 Å². The maximum Gasteiger partial charge on any atom is 0.0506 e. The van der Waals surface area contributed by atoms with Crippen LogP contribution in [-0.2, 0) is 4.74 Å². The second kappa shape index (κ2) is 3.75. The van der Waals surface area contributed by atoms with E-state index in [0.717, 1.165) is 31.1 Å². The summed E-state index contributed by atoms with van der Waals surface area (Å²) in [4.78, 5) is 0. The van der Waals surface area contributed by atoms with Crippen LogP contribution in [0.15, 0.2) is 0 Å². The van der Waals surface area contributed by atoms with Crippen LogP contribution in [0.25, 0.3) is 0 Å². The van der Waals surface area contributed by atoms with Gasteiger partial charge in [-0.05, 0) is 31.1 Å². The summed E-state index contributed by atoms with van der Waals surface area (Å²) in [6, 6.07) is 0.826. The summed E-state index contributed by atoms with van der Waals surface area (Å²) in [6.07, 6.45) is 3.99. The molecule has 0 spiro atoms. The van der Waals surface area contributed by atoms with Gasteiger partial charge in [0.05, 0.1) is 6.61 Å². The van der Waals surface area contributed by atoms with Crippen molar-refractivity contribution in [1.29, 1.82) is 0 Å². The maximum absolute atomic E-state index is 5.42. The molecule has 0 aromatic heterocycles. The molecule has 1 aliphatic heterocycles. The SMILES string of the molecule is CC1CC1NCC1CCCOC1. The Hall–Kier alpha value is -0.0800. The molecular formula is C10H19NO. The summed E-state index contributed by atoms with van der Waals surface area (Å²) in [5.41, 5.74) is 0. The number of hydrogen-bond acceptors (Lipinski definition) is 2. The predicted octanol–water partition coefficient (Wildman–Crippen LogP) is 1.41. The molecule has 3 unspecified atom stereocenters. The summed E-state index contributed by atoms with van der Waals surface area (Å²) in [7, 11) is 0. The van der Waals surface area contributed by atoms with Gasteiger partial charge in [-0.1, -0.05) is 6.92 Å². The Morgan fingerprint density at radius 3 is 2.92 bits per heavy atom. The van der Waals surface area contributed by atoms with Crippen LogP contribution in [0.1, 0.15) is 26.2 Å². The van der Waals surface area contributed by atoms with Crippen LogP contribution in [-0.4, -0.2) is 25.8 Å². The minimum Gasteiger partial charge on any atom is -0.381 e. The standard InChI is InChI=1S/C10H19NO/c1-8-5-10(8)11-6-9-3-2-4-12-7-9/h8-11H,2-7H2,1H3. The van der Waals surface area contributed by atoms with Crippen LogP contribution in [0.4, 0.5) is 0 Å². The lowest BCUT2D eigenvalue weighted by atomic mass is 10.0. The molecule has 1 heterocycles. The first-order valence-corrected chi connectivity index (χ1v) is 5.17. The first-order chi connectivity index (χ1) is 5.86. The molecule has 2 fully saturated rings. The number of ether oxygens (including phenoxy) is 1. The second-order valence-corrected chi connectivity index (χ2v) is 4.31. The zero-order valence-corrected chi connectivity index (χ0v) is 7.88. The van der Waals surface area contributed by atoms with Gasteiger partial charge in [-0.15, -0.1) is 0 Å². The van der Waals surface area contributed by atoms with Crippen molar-refractivity contribution in [2.45, 2.75) is 32.2 Å². The smallest absolute Gasteiger partial charge is 0.0506 e. The summed E-state index contributed by atoms with van der Waals surface area (Å²) in [5.74, 6) is 1.71. The van der Waals surface area contributed by atoms with Crippen LogP contribution in [0, 0.1) is 11.8 Å². The Bertz CT molecular complexity index is 143. The van der Waals surface area contributed by atoms with E-state index in [2.05, 4.69) is 12.2 Å². The monoisotopic (exact) mass is 169 g/mol. The van der Waals surface area contributed by atoms with E-state index in [1.54, 1.807) is 0 Å². The van der Waals surface area contributed by atoms with Crippen molar-refractivity contribution in [1.82, 2.24) is 5.32 Å². The summed E-state index contributed by atoms with van der Waals surface area (Å²) >= 11 is 0. The molecular weight excluding hydrogens is 150 g/mol. The molecule has 70 valence electrons. The van der Waals surface area contributed by atoms with Crippen molar-refractivity contribution in [3.05, 3.63) is 0 Å². The highest BCUT2D eigenvalue weighted by Gasteiger charge is 2.32. The highest BCUT2D eigenvalue weighted by atomic mass is 16.5. The zero-order chi connectivity index (χ0) is 8.39. The van der Waals surface area contributed by atoms with E-state index in [-0.39, 0.29) is 0 Å². The zero-order valence-electron chi connectivity index (χ0n) is 7.88. The minimum atomic E-state index is 0.784. The lowest BCUT2D eigenvalue weighted by molar-refractivity contribution is 0.0546. The van der Waals surface area contributed by atoms with Gasteiger partial charge in [-0.2, -0.15) is 0 Å². The largest absolute Gasteiger partial charge is 0.381 e. The van der Waals surface area contributed by atoms with Gasteiger partial charge in [0.1, 0.15) is 0 Å². The van der Waals surface area contributed by atoms with Gasteiger partial charge in [0.15, 0.2) is 0 Å². The molecule has 1 N–H and O–H groups in total. The third-order valence-electron chi connectivity index (χ3n) is 3.03. The summed E-state index contributed by atoms with van der Waals surface area (Å²) < 4.78 is 5.42. The first kappa shape index (κ1) is 8.52. The Morgan fingerprint density at radius 1 is 1.50 bits per heavy atom. The molecule has 12 heavy (non-hydrogen) atoms. The van der Waals surface area contributed by atoms with E-state index < -0.39 is 0 Å². The molecule has 0 aromatic carbocycles. The van der Waals surface area contributed by atoms with Gasteiger partial charge in [-0.3, -0.25) is 0 Å². The van der Waals surface area contributed by atoms with Gasteiger partial charge in [-0.25, -0.2) is 0 Å². The number of rotatable bonds is 3. The highest BCUT2D eigenvalue weighted by molar-refractivity contribution is 4.90. The second-order valence-electron chi connectivity index (χ2n) is 4.31. The third kappa shape index (κ3) is 2.20. The van der Waals surface area contributed by atoms with Crippen molar-refractivity contribution >= 4 is 0 Å². The fourth-order valence-electron chi connectivity index (χ4n) is 1.89. The molecule has 2 heteroatoms. The van der Waals surface area contributed by atoms with Crippen molar-refractivity contribution in [2.24, 2.45) is 11.8 Å². The molecule has 1 aliphatic carbocycles. The normalized spacial score (nSPS) is 41.2. The Morgan fingerprint density at radius 2 is 2.33 bits per heavy atom. The summed E-state index contributed by atoms with van der Waals surface area (Å²) in [6.45, 7) is 5.45. The fourth-order valence-corrected chi connectivity index (χ4v) is 1.89. The quantitative estimate of drug-likeness (QED) is 0.689. The lowest BCUT2D eigenvalue weighted by Gasteiger charge is -2.22. The molecule has 0 radical (unpaired) electrons. The van der Waals surface area contributed by atoms with Crippen molar-refractivity contribution in [2.75, 3.05) is 19.8 Å². The van der Waals surface area contributed by atoms with Crippen LogP contribution in [0.2, 0.25) is 0 Å². The van der Waals surface area contributed by atoms with E-state index in [1.807, 2.05) is 0 Å². The molecule has 1 saturated carbocycles. The van der Waals surface area contributed by atoms with Crippen molar-refractivity contribution in [3.63, 3.8) is 0 Å². The molecule has 2 rings (SSSR count). The lowest BCUT2D eigenvalue weighted by Crippen LogP contribution is -2.30. The molecule has 0 bridgehead atoms. The fraction of sp³-hybridized carbons (Fsp3) is 1.00. The van der Waals surface area contributed by atoms with Crippen LogP contribution >= 0.6 is 0 Å². The van der Waals surface area contributed by atoms with Crippen LogP contribution < -0.4 is 5.32 Å². The number of hydrogen-bond donors (Lipinski definition) is 1. The van der Waals surface area contributed by atoms with Gasteiger partial charge in [0.2, 0.25) is 0 Å². The Balaban J connectivity index is 1.59. The average molecular weight is 169 g/mol. The maximum atomic E-state index is 5.42. The molecule has 2 nitrogen and oxygen atoms in total. The number of nitrogens with one attached hydrogen (secondary N) is 1. The first-order valence-electron chi connectivity index (χ1n) is 5.17. The van der Waals surface area contributed by atoms with E-state index in [0.29, 0.717) is 0 Å². The van der Waals surface area contributed by atoms with Gasteiger partial charge < -0.3 is 10.1 Å². The minimum absolute atomic E-state index is 0.784. The summed E-state index contributed by atoms with van der Waals surface area (Å²) in [5, 5.41) is 3.60. The van der Waals surface area contributed by atoms with E-state index in [9.17, 15) is 0 Å². The van der Waals surface area contributed by atoms with E-state index in [1.165, 1.54) is 25.8 Å². The molecule has 0 aromatic rings. The third-order valence-corrected chi connectivity index (χ3v) is 3.03. The van der Waals surface area contributed by atoms with Gasteiger partial charge in [0.25, 0.3) is 0 Å². The van der Waals surface area contributed by atoms with Gasteiger partial charge in [0, 0.05) is 19.2 Å². The van der Waals surface area contributed by atoms with Gasteiger partial charge >= 0.3 is 0 Å². The predicted molar refractivity (Wildman–Crippen MR) is 49.1 cm³/mol. The van der Waals surface area contributed by atoms with E-state index >= 15 is 0 Å². The van der Waals surface area contributed by atoms with Crippen molar-refractivity contribution in [3.8, 4) is 0 Å². The molecule has 1 saturated heterocycles. The Labute approximate surface area is 74.7 Å². The Kier molecular flexibility index (Phi) is 2.66. The molecule has 0 amide bonds. The topological polar surface area (TPSA) is 21.3 Å². The van der Waals surface area contributed by atoms with Crippen molar-refractivity contribution < 1.29 is 4.74 Å².